The molecular weight excluding hydrogens is 511 g/mol. The van der Waals surface area contributed by atoms with Gasteiger partial charge in [0.15, 0.2) is 5.65 Å². The Morgan fingerprint density at radius 2 is 2.08 bits per heavy atom. The fourth-order valence-corrected chi connectivity index (χ4v) is 4.70. The molecule has 1 fully saturated rings. The second kappa shape index (κ2) is 10.6. The number of aromatic nitrogens is 4. The number of allylic oxidation sites excluding steroid dienone is 1. The minimum absolute atomic E-state index is 0.0382. The number of halogens is 3. The number of nitrogens with two attached hydrogens (primary N) is 1. The molecule has 204 valence electrons. The van der Waals surface area contributed by atoms with Crippen molar-refractivity contribution in [3.63, 3.8) is 0 Å². The van der Waals surface area contributed by atoms with Crippen LogP contribution in [0.2, 0.25) is 0 Å². The first-order valence-electron chi connectivity index (χ1n) is 12.8. The van der Waals surface area contributed by atoms with Crippen LogP contribution in [0.4, 0.5) is 19.1 Å². The van der Waals surface area contributed by atoms with Crippen molar-refractivity contribution in [1.82, 2.24) is 30.2 Å². The molecule has 4 N–H and O–H groups in total. The van der Waals surface area contributed by atoms with E-state index in [2.05, 4.69) is 30.8 Å². The first kappa shape index (κ1) is 26.5. The largest absolute Gasteiger partial charge is 0.433 e. The van der Waals surface area contributed by atoms with E-state index < -0.39 is 11.9 Å². The summed E-state index contributed by atoms with van der Waals surface area (Å²) in [6, 6.07) is 4.11. The van der Waals surface area contributed by atoms with Crippen molar-refractivity contribution in [3.8, 4) is 0 Å². The van der Waals surface area contributed by atoms with Crippen molar-refractivity contribution < 1.29 is 22.7 Å². The molecule has 0 aliphatic carbocycles. The lowest BCUT2D eigenvalue weighted by molar-refractivity contribution is -0.459. The van der Waals surface area contributed by atoms with Crippen molar-refractivity contribution in [2.75, 3.05) is 18.8 Å². The van der Waals surface area contributed by atoms with E-state index in [9.17, 15) is 18.0 Å². The molecule has 13 heteroatoms. The number of nitrogens with zero attached hydrogens (tertiary/aromatic N) is 6. The monoisotopic (exact) mass is 540 g/mol. The van der Waals surface area contributed by atoms with Crippen molar-refractivity contribution in [1.29, 1.82) is 0 Å². The fraction of sp³-hybridized carbons (Fsp3) is 0.385. The minimum atomic E-state index is -4.52. The summed E-state index contributed by atoms with van der Waals surface area (Å²) in [5.74, 6) is -0.197. The third-order valence-electron chi connectivity index (χ3n) is 6.92. The number of carbonyl (C=O) groups is 1. The number of hydrogen-bond donors (Lipinski definition) is 3. The molecule has 1 saturated heterocycles. The second-order valence-corrected chi connectivity index (χ2v) is 9.68. The van der Waals surface area contributed by atoms with E-state index in [1.807, 2.05) is 13.8 Å². The molecule has 0 radical (unpaired) electrons. The topological polar surface area (TPSA) is 126 Å². The van der Waals surface area contributed by atoms with E-state index >= 15 is 0 Å². The number of hydrazone groups is 1. The van der Waals surface area contributed by atoms with Crippen LogP contribution in [0.5, 0.6) is 0 Å². The molecule has 1 atom stereocenters. The van der Waals surface area contributed by atoms with Gasteiger partial charge in [0.25, 0.3) is 5.91 Å². The Bertz CT molecular complexity index is 1480. The Labute approximate surface area is 222 Å². The zero-order valence-corrected chi connectivity index (χ0v) is 21.5. The maximum absolute atomic E-state index is 13.1. The third-order valence-corrected chi connectivity index (χ3v) is 6.92. The highest BCUT2D eigenvalue weighted by Crippen LogP contribution is 2.29. The second-order valence-electron chi connectivity index (χ2n) is 9.68. The van der Waals surface area contributed by atoms with Gasteiger partial charge in [-0.1, -0.05) is 11.6 Å². The minimum Gasteiger partial charge on any atom is -0.366 e. The van der Waals surface area contributed by atoms with E-state index in [1.54, 1.807) is 29.4 Å². The van der Waals surface area contributed by atoms with Gasteiger partial charge in [-0.15, -0.1) is 5.10 Å². The number of rotatable bonds is 6. The molecule has 0 saturated carbocycles. The molecular formula is C26H29F3N9O+. The Morgan fingerprint density at radius 1 is 1.31 bits per heavy atom. The normalized spacial score (nSPS) is 18.3. The van der Waals surface area contributed by atoms with Crippen LogP contribution in [0, 0.1) is 5.92 Å². The number of nitrogen functional groups attached to an aromatic ring is 1. The summed E-state index contributed by atoms with van der Waals surface area (Å²) in [5.41, 5.74) is 8.22. The van der Waals surface area contributed by atoms with E-state index in [-0.39, 0.29) is 23.8 Å². The molecule has 2 aliphatic rings. The molecule has 10 nitrogen and oxygen atoms in total. The average Bonchev–Trinajstić information content (AvgIpc) is 3.54. The Kier molecular flexibility index (Phi) is 7.17. The van der Waals surface area contributed by atoms with Gasteiger partial charge in [-0.2, -0.15) is 18.2 Å². The molecule has 0 unspecified atom stereocenters. The lowest BCUT2D eigenvalue weighted by Gasteiger charge is -2.21. The van der Waals surface area contributed by atoms with Crippen LogP contribution in [0.3, 0.4) is 0 Å². The van der Waals surface area contributed by atoms with E-state index in [0.717, 1.165) is 44.1 Å². The molecule has 3 aromatic rings. The number of alkyl halides is 3. The Morgan fingerprint density at radius 3 is 2.74 bits per heavy atom. The number of anilines is 1. The predicted octanol–water partition coefficient (Wildman–Crippen LogP) is 3.10. The van der Waals surface area contributed by atoms with Crippen molar-refractivity contribution >= 4 is 35.0 Å². The van der Waals surface area contributed by atoms with Crippen LogP contribution < -0.4 is 16.4 Å². The van der Waals surface area contributed by atoms with Gasteiger partial charge in [0.1, 0.15) is 11.9 Å². The fourth-order valence-electron chi connectivity index (χ4n) is 4.70. The van der Waals surface area contributed by atoms with Gasteiger partial charge in [-0.3, -0.25) is 9.78 Å². The van der Waals surface area contributed by atoms with Gasteiger partial charge in [-0.25, -0.2) is 4.52 Å². The first-order valence-corrected chi connectivity index (χ1v) is 12.8. The van der Waals surface area contributed by atoms with Gasteiger partial charge in [-0.05, 0) is 62.6 Å². The molecule has 5 rings (SSSR count). The molecule has 39 heavy (non-hydrogen) atoms. The van der Waals surface area contributed by atoms with E-state index in [0.29, 0.717) is 27.9 Å². The Hall–Kier alpha value is -4.13. The van der Waals surface area contributed by atoms with Crippen LogP contribution >= 0.6 is 0 Å². The summed E-state index contributed by atoms with van der Waals surface area (Å²) < 4.78 is 42.6. The van der Waals surface area contributed by atoms with Crippen molar-refractivity contribution in [2.45, 2.75) is 45.3 Å². The number of carbonyl (C=O) groups excluding carboxylic acids is 1. The lowest BCUT2D eigenvalue weighted by Crippen LogP contribution is -2.34. The lowest BCUT2D eigenvalue weighted by atomic mass is 9.89. The Balaban J connectivity index is 1.58. The molecule has 5 heterocycles. The number of fused-ring (bicyclic) bond motifs is 1. The average molecular weight is 541 g/mol. The van der Waals surface area contributed by atoms with Gasteiger partial charge < -0.3 is 16.4 Å². The molecule has 1 amide bonds. The summed E-state index contributed by atoms with van der Waals surface area (Å²) in [4.78, 5) is 21.0. The molecule has 2 aliphatic heterocycles. The van der Waals surface area contributed by atoms with E-state index in [4.69, 9.17) is 5.73 Å². The molecule has 0 aromatic carbocycles. The van der Waals surface area contributed by atoms with Gasteiger partial charge in [0, 0.05) is 29.9 Å². The molecule has 0 spiro atoms. The zero-order valence-electron chi connectivity index (χ0n) is 21.5. The summed E-state index contributed by atoms with van der Waals surface area (Å²) >= 11 is 0. The summed E-state index contributed by atoms with van der Waals surface area (Å²) in [6.07, 6.45) is 4.26. The highest BCUT2D eigenvalue weighted by molar-refractivity contribution is 6.12. The standard InChI is InChI=1S/C26H28F3N9O/c1-3-15(2)34-24(39)20-10-18(13-38-23(20)35-25(30)36-38)19-12-33-37(14-19)22(16-6-8-31-9-7-16)17-4-5-21(32-11-17)26(27,28)29/h4-5,10-16,31H,3,6-9H2,1-2H3,(H2-,30,34,36,39)/p+1/t15-/m0/s1. The number of nitrogens with one attached hydrogen (secondary N) is 2. The number of hydrogen-bond acceptors (Lipinski definition) is 7. The SMILES string of the molecule is CC[C@H](C)NC(=O)c1cc(C2=C/[N+](=C(/c3ccc(C(F)(F)F)nc3)C3CCNCC3)N=C2)cn2nc(N)nc12. The van der Waals surface area contributed by atoms with Gasteiger partial charge in [0.05, 0.1) is 16.7 Å². The van der Waals surface area contributed by atoms with Crippen LogP contribution in [-0.4, -0.2) is 61.2 Å². The maximum atomic E-state index is 13.1. The number of amides is 1. The highest BCUT2D eigenvalue weighted by atomic mass is 19.4. The number of piperidine rings is 1. The van der Waals surface area contributed by atoms with Crippen LogP contribution in [-0.2, 0) is 6.18 Å². The van der Waals surface area contributed by atoms with Crippen molar-refractivity contribution in [2.24, 2.45) is 11.0 Å². The maximum Gasteiger partial charge on any atom is 0.433 e. The quantitative estimate of drug-likeness (QED) is 0.413. The summed E-state index contributed by atoms with van der Waals surface area (Å²) in [5, 5.41) is 15.0. The summed E-state index contributed by atoms with van der Waals surface area (Å²) in [6.45, 7) is 5.46. The highest BCUT2D eigenvalue weighted by Gasteiger charge is 2.35. The molecule has 0 bridgehead atoms. The van der Waals surface area contributed by atoms with Gasteiger partial charge in [0.2, 0.25) is 17.9 Å². The van der Waals surface area contributed by atoms with Gasteiger partial charge >= 0.3 is 6.18 Å². The smallest absolute Gasteiger partial charge is 0.366 e. The number of pyridine rings is 2. The van der Waals surface area contributed by atoms with Crippen molar-refractivity contribution in [3.05, 3.63) is 59.2 Å². The van der Waals surface area contributed by atoms with Crippen LogP contribution in [0.25, 0.3) is 11.2 Å². The van der Waals surface area contributed by atoms with Crippen LogP contribution in [0.15, 0.2) is 41.9 Å². The first-order chi connectivity index (χ1) is 18.6. The molecule has 3 aromatic heterocycles. The summed E-state index contributed by atoms with van der Waals surface area (Å²) in [7, 11) is 0. The van der Waals surface area contributed by atoms with E-state index in [1.165, 1.54) is 16.8 Å². The predicted molar refractivity (Wildman–Crippen MR) is 140 cm³/mol. The zero-order chi connectivity index (χ0) is 27.7. The third kappa shape index (κ3) is 5.53. The van der Waals surface area contributed by atoms with Crippen LogP contribution in [0.1, 0.15) is 60.3 Å².